The summed E-state index contributed by atoms with van der Waals surface area (Å²) >= 11 is 1.06. The molecule has 2 heterocycles. The molecule has 0 saturated carbocycles. The van der Waals surface area contributed by atoms with Crippen LogP contribution in [0.3, 0.4) is 0 Å². The lowest BCUT2D eigenvalue weighted by atomic mass is 10.0. The summed E-state index contributed by atoms with van der Waals surface area (Å²) in [7, 11) is 0. The second-order valence-electron chi connectivity index (χ2n) is 6.90. The van der Waals surface area contributed by atoms with Crippen LogP contribution in [0.25, 0.3) is 0 Å². The minimum absolute atomic E-state index is 0.111. The Morgan fingerprint density at radius 1 is 1.23 bits per heavy atom. The van der Waals surface area contributed by atoms with Crippen LogP contribution in [0.15, 0.2) is 35.4 Å². The molecule has 3 unspecified atom stereocenters. The van der Waals surface area contributed by atoms with Gasteiger partial charge in [-0.2, -0.15) is 10.5 Å². The van der Waals surface area contributed by atoms with Crippen molar-refractivity contribution in [3.63, 3.8) is 0 Å². The Bertz CT molecular complexity index is 1020. The summed E-state index contributed by atoms with van der Waals surface area (Å²) in [6.45, 7) is 2.05. The van der Waals surface area contributed by atoms with Crippen LogP contribution in [-0.4, -0.2) is 46.4 Å². The van der Waals surface area contributed by atoms with E-state index in [9.17, 15) is 25.5 Å². The zero-order chi connectivity index (χ0) is 21.8. The lowest BCUT2D eigenvalue weighted by molar-refractivity contribution is -0.117. The second-order valence-corrected chi connectivity index (χ2v) is 7.99. The molecule has 1 aliphatic rings. The highest BCUT2D eigenvalue weighted by atomic mass is 32.2. The first-order valence-corrected chi connectivity index (χ1v) is 10.3. The third kappa shape index (κ3) is 4.10. The predicted octanol–water partition coefficient (Wildman–Crippen LogP) is 1.25. The number of carbonyl (C=O) groups excluding carboxylic acids is 1. The molecule has 0 radical (unpaired) electrons. The van der Waals surface area contributed by atoms with Gasteiger partial charge in [0, 0.05) is 13.1 Å². The minimum Gasteiger partial charge on any atom is -0.389 e. The maximum absolute atomic E-state index is 12.2. The summed E-state index contributed by atoms with van der Waals surface area (Å²) in [6, 6.07) is 13.2. The first kappa shape index (κ1) is 21.6. The molecule has 154 valence electrons. The number of aliphatic hydroxyl groups excluding tert-OH is 2. The highest BCUT2D eigenvalue weighted by Gasteiger charge is 2.34. The normalized spacial score (nSPS) is 19.2. The largest absolute Gasteiger partial charge is 0.389 e. The molecular formula is C21H21N5O3S. The van der Waals surface area contributed by atoms with Gasteiger partial charge in [-0.3, -0.25) is 4.79 Å². The Hall–Kier alpha value is -3.11. The Labute approximate surface area is 178 Å². The van der Waals surface area contributed by atoms with Crippen molar-refractivity contribution in [1.29, 1.82) is 10.5 Å². The molecule has 1 aliphatic heterocycles. The Balaban J connectivity index is 2.14. The van der Waals surface area contributed by atoms with Crippen molar-refractivity contribution >= 4 is 23.5 Å². The first-order valence-electron chi connectivity index (χ1n) is 9.40. The summed E-state index contributed by atoms with van der Waals surface area (Å²) in [4.78, 5) is 18.3. The number of nitriles is 2. The van der Waals surface area contributed by atoms with Crippen LogP contribution >= 0.6 is 11.8 Å². The summed E-state index contributed by atoms with van der Waals surface area (Å²) in [5.74, 6) is -0.296. The van der Waals surface area contributed by atoms with Crippen LogP contribution in [0.4, 0.5) is 5.82 Å². The number of nitrogens with two attached hydrogens (primary N) is 1. The van der Waals surface area contributed by atoms with Crippen molar-refractivity contribution in [3.05, 3.63) is 52.6 Å². The monoisotopic (exact) mass is 423 g/mol. The molecule has 2 aromatic rings. The molecule has 1 saturated heterocycles. The van der Waals surface area contributed by atoms with Crippen LogP contribution in [0.5, 0.6) is 0 Å². The average Bonchev–Trinajstić information content (AvgIpc) is 3.09. The molecule has 1 aromatic carbocycles. The summed E-state index contributed by atoms with van der Waals surface area (Å²) in [6.07, 6.45) is -1.52. The van der Waals surface area contributed by atoms with E-state index in [2.05, 4.69) is 17.1 Å². The lowest BCUT2D eigenvalue weighted by Gasteiger charge is -2.22. The number of hydrogen-bond donors (Lipinski definition) is 3. The van der Waals surface area contributed by atoms with E-state index in [0.29, 0.717) is 17.5 Å². The third-order valence-corrected chi connectivity index (χ3v) is 6.23. The van der Waals surface area contributed by atoms with E-state index in [0.717, 1.165) is 11.8 Å². The molecule has 0 aliphatic carbocycles. The van der Waals surface area contributed by atoms with Crippen molar-refractivity contribution < 1.29 is 15.0 Å². The number of pyridine rings is 1. The van der Waals surface area contributed by atoms with Crippen LogP contribution < -0.4 is 10.6 Å². The fraction of sp³-hybridized carbons (Fsp3) is 0.333. The first-order chi connectivity index (χ1) is 14.4. The molecular weight excluding hydrogens is 402 g/mol. The summed E-state index contributed by atoms with van der Waals surface area (Å²) in [5.41, 5.74) is 7.28. The van der Waals surface area contributed by atoms with Gasteiger partial charge in [-0.25, -0.2) is 4.98 Å². The highest BCUT2D eigenvalue weighted by Crippen LogP contribution is 2.40. The molecule has 3 rings (SSSR count). The fourth-order valence-corrected chi connectivity index (χ4v) is 4.53. The van der Waals surface area contributed by atoms with Crippen LogP contribution in [0.2, 0.25) is 0 Å². The van der Waals surface area contributed by atoms with Gasteiger partial charge in [0.05, 0.1) is 23.3 Å². The number of benzene rings is 1. The van der Waals surface area contributed by atoms with Crippen molar-refractivity contribution in [2.75, 3.05) is 18.0 Å². The van der Waals surface area contributed by atoms with E-state index < -0.39 is 23.4 Å². The number of anilines is 1. The van der Waals surface area contributed by atoms with E-state index >= 15 is 0 Å². The smallest absolute Gasteiger partial charge is 0.235 e. The minimum atomic E-state index is -0.960. The number of carbonyl (C=O) groups is 1. The molecule has 8 nitrogen and oxygen atoms in total. The second kappa shape index (κ2) is 9.14. The number of amides is 1. The molecule has 1 aromatic heterocycles. The Morgan fingerprint density at radius 2 is 1.83 bits per heavy atom. The van der Waals surface area contributed by atoms with Gasteiger partial charge in [-0.15, -0.1) is 0 Å². The number of thioether (sulfide) groups is 1. The van der Waals surface area contributed by atoms with Crippen LogP contribution in [0.1, 0.15) is 34.4 Å². The van der Waals surface area contributed by atoms with Gasteiger partial charge in [-0.05, 0) is 17.5 Å². The van der Waals surface area contributed by atoms with E-state index in [-0.39, 0.29) is 35.1 Å². The fourth-order valence-electron chi connectivity index (χ4n) is 3.47. The molecule has 1 fully saturated rings. The van der Waals surface area contributed by atoms with E-state index in [1.807, 2.05) is 13.0 Å². The number of aliphatic hydroxyl groups is 2. The molecule has 0 bridgehead atoms. The number of rotatable bonds is 6. The van der Waals surface area contributed by atoms with Gasteiger partial charge in [0.2, 0.25) is 5.91 Å². The van der Waals surface area contributed by atoms with E-state index in [4.69, 9.17) is 5.73 Å². The van der Waals surface area contributed by atoms with Gasteiger partial charge < -0.3 is 20.8 Å². The van der Waals surface area contributed by atoms with Gasteiger partial charge in [-0.1, -0.05) is 49.0 Å². The molecule has 30 heavy (non-hydrogen) atoms. The number of aromatic nitrogens is 1. The number of primary amides is 1. The number of β-amino-alcohol motifs (C(OH)–C–C–N with tert-alkyl or cyclic N) is 2. The van der Waals surface area contributed by atoms with Gasteiger partial charge in [0.1, 0.15) is 28.2 Å². The van der Waals surface area contributed by atoms with Crippen molar-refractivity contribution in [2.24, 2.45) is 5.73 Å². The van der Waals surface area contributed by atoms with Gasteiger partial charge in [0.25, 0.3) is 0 Å². The number of nitrogens with zero attached hydrogens (tertiary/aromatic N) is 4. The van der Waals surface area contributed by atoms with Gasteiger partial charge in [0.15, 0.2) is 0 Å². The SMILES string of the molecule is CCc1c(C#N)c(SC(C(N)=O)c2ccccc2)nc(N2CC(O)C(O)C2)c1C#N. The maximum atomic E-state index is 12.2. The molecule has 9 heteroatoms. The van der Waals surface area contributed by atoms with Crippen molar-refractivity contribution in [2.45, 2.75) is 35.8 Å². The average molecular weight is 423 g/mol. The third-order valence-electron chi connectivity index (χ3n) is 4.97. The molecule has 3 atom stereocenters. The topological polar surface area (TPSA) is 147 Å². The van der Waals surface area contributed by atoms with Crippen molar-refractivity contribution in [3.8, 4) is 12.1 Å². The van der Waals surface area contributed by atoms with Crippen LogP contribution in [0, 0.1) is 22.7 Å². The Morgan fingerprint density at radius 3 is 2.33 bits per heavy atom. The van der Waals surface area contributed by atoms with Gasteiger partial charge >= 0.3 is 0 Å². The standard InChI is InChI=1S/C21H21N5O3S/c1-2-13-14(8-22)20(26-10-16(27)17(28)11-26)25-21(15(13)9-23)30-18(19(24)29)12-6-4-3-5-7-12/h3-7,16-18,27-28H,2,10-11H2,1H3,(H2,24,29). The zero-order valence-electron chi connectivity index (χ0n) is 16.3. The summed E-state index contributed by atoms with van der Waals surface area (Å²) < 4.78 is 0. The molecule has 1 amide bonds. The predicted molar refractivity (Wildman–Crippen MR) is 112 cm³/mol. The molecule has 0 spiro atoms. The zero-order valence-corrected chi connectivity index (χ0v) is 17.1. The van der Waals surface area contributed by atoms with E-state index in [1.165, 1.54) is 0 Å². The van der Waals surface area contributed by atoms with Crippen molar-refractivity contribution in [1.82, 2.24) is 4.98 Å². The quantitative estimate of drug-likeness (QED) is 0.588. The Kier molecular flexibility index (Phi) is 6.58. The number of hydrogen-bond acceptors (Lipinski definition) is 8. The van der Waals surface area contributed by atoms with Crippen LogP contribution in [-0.2, 0) is 11.2 Å². The highest BCUT2D eigenvalue weighted by molar-refractivity contribution is 8.00. The molecule has 4 N–H and O–H groups in total. The maximum Gasteiger partial charge on any atom is 0.235 e. The summed E-state index contributed by atoms with van der Waals surface area (Å²) in [5, 5.41) is 38.9. The lowest BCUT2D eigenvalue weighted by Crippen LogP contribution is -2.25. The van der Waals surface area contributed by atoms with E-state index in [1.54, 1.807) is 29.2 Å².